The normalized spacial score (nSPS) is 10.5. The van der Waals surface area contributed by atoms with Crippen molar-refractivity contribution in [2.24, 2.45) is 5.16 Å². The van der Waals surface area contributed by atoms with Crippen LogP contribution in [-0.4, -0.2) is 16.4 Å². The van der Waals surface area contributed by atoms with E-state index in [1.165, 1.54) is 12.4 Å². The minimum atomic E-state index is 0.525. The fourth-order valence-electron chi connectivity index (χ4n) is 0.566. The standard InChI is InChI=1S/C6H5ClN2O/c7-6-1-5(3-9-10)2-8-4-6/h1-4,10H. The van der Waals surface area contributed by atoms with Gasteiger partial charge in [0.05, 0.1) is 11.2 Å². The largest absolute Gasteiger partial charge is 0.411 e. The van der Waals surface area contributed by atoms with Crippen LogP contribution in [0, 0.1) is 0 Å². The Labute approximate surface area is 63.0 Å². The van der Waals surface area contributed by atoms with Crippen molar-refractivity contribution in [1.29, 1.82) is 0 Å². The first-order valence-electron chi connectivity index (χ1n) is 2.61. The molecule has 0 fully saturated rings. The summed E-state index contributed by atoms with van der Waals surface area (Å²) in [5, 5.41) is 11.5. The summed E-state index contributed by atoms with van der Waals surface area (Å²) >= 11 is 5.57. The Hall–Kier alpha value is -1.09. The monoisotopic (exact) mass is 156 g/mol. The molecular weight excluding hydrogens is 152 g/mol. The van der Waals surface area contributed by atoms with Crippen LogP contribution in [0.4, 0.5) is 0 Å². The van der Waals surface area contributed by atoms with E-state index >= 15 is 0 Å². The highest BCUT2D eigenvalue weighted by Crippen LogP contribution is 2.05. The number of halogens is 1. The minimum absolute atomic E-state index is 0.525. The van der Waals surface area contributed by atoms with E-state index in [9.17, 15) is 0 Å². The summed E-state index contributed by atoms with van der Waals surface area (Å²) in [5.74, 6) is 0. The minimum Gasteiger partial charge on any atom is -0.411 e. The Morgan fingerprint density at radius 1 is 1.60 bits per heavy atom. The summed E-state index contributed by atoms with van der Waals surface area (Å²) in [6.45, 7) is 0. The van der Waals surface area contributed by atoms with Gasteiger partial charge >= 0.3 is 0 Å². The maximum atomic E-state index is 8.11. The molecule has 0 bridgehead atoms. The van der Waals surface area contributed by atoms with Crippen molar-refractivity contribution in [3.05, 3.63) is 29.0 Å². The van der Waals surface area contributed by atoms with Crippen LogP contribution in [0.5, 0.6) is 0 Å². The third kappa shape index (κ3) is 1.70. The van der Waals surface area contributed by atoms with E-state index in [0.29, 0.717) is 10.6 Å². The van der Waals surface area contributed by atoms with Gasteiger partial charge in [0.1, 0.15) is 0 Å². The maximum Gasteiger partial charge on any atom is 0.0749 e. The molecule has 1 rings (SSSR count). The quantitative estimate of drug-likeness (QED) is 0.381. The van der Waals surface area contributed by atoms with Crippen molar-refractivity contribution < 1.29 is 5.21 Å². The topological polar surface area (TPSA) is 45.5 Å². The molecule has 1 N–H and O–H groups in total. The van der Waals surface area contributed by atoms with E-state index in [-0.39, 0.29) is 0 Å². The summed E-state index contributed by atoms with van der Waals surface area (Å²) in [5.41, 5.74) is 0.676. The SMILES string of the molecule is ON=Cc1cncc(Cl)c1. The molecule has 0 atom stereocenters. The highest BCUT2D eigenvalue weighted by molar-refractivity contribution is 6.30. The fourth-order valence-corrected chi connectivity index (χ4v) is 0.748. The van der Waals surface area contributed by atoms with E-state index in [1.807, 2.05) is 0 Å². The van der Waals surface area contributed by atoms with Crippen LogP contribution in [0.15, 0.2) is 23.6 Å². The average molecular weight is 157 g/mol. The van der Waals surface area contributed by atoms with Crippen molar-refractivity contribution >= 4 is 17.8 Å². The lowest BCUT2D eigenvalue weighted by Crippen LogP contribution is -1.81. The van der Waals surface area contributed by atoms with E-state index in [0.717, 1.165) is 0 Å². The lowest BCUT2D eigenvalue weighted by atomic mass is 10.3. The molecule has 0 amide bonds. The van der Waals surface area contributed by atoms with E-state index in [2.05, 4.69) is 10.1 Å². The number of oxime groups is 1. The van der Waals surface area contributed by atoms with Crippen molar-refractivity contribution in [2.75, 3.05) is 0 Å². The molecule has 1 aromatic rings. The van der Waals surface area contributed by atoms with Crippen molar-refractivity contribution in [2.45, 2.75) is 0 Å². The van der Waals surface area contributed by atoms with Gasteiger partial charge in [-0.1, -0.05) is 16.8 Å². The first kappa shape index (κ1) is 7.02. The Morgan fingerprint density at radius 3 is 3.00 bits per heavy atom. The van der Waals surface area contributed by atoms with E-state index in [1.54, 1.807) is 12.3 Å². The van der Waals surface area contributed by atoms with Crippen molar-refractivity contribution in [3.63, 3.8) is 0 Å². The zero-order valence-corrected chi connectivity index (χ0v) is 5.78. The molecule has 1 aromatic heterocycles. The van der Waals surface area contributed by atoms with Gasteiger partial charge in [-0.05, 0) is 6.07 Å². The Morgan fingerprint density at radius 2 is 2.40 bits per heavy atom. The summed E-state index contributed by atoms with van der Waals surface area (Å²) in [6.07, 6.45) is 4.32. The molecule has 0 aliphatic rings. The van der Waals surface area contributed by atoms with Gasteiger partial charge in [0.2, 0.25) is 0 Å². The van der Waals surface area contributed by atoms with Crippen molar-refractivity contribution in [3.8, 4) is 0 Å². The van der Waals surface area contributed by atoms with Crippen LogP contribution in [0.25, 0.3) is 0 Å². The molecule has 0 aliphatic carbocycles. The van der Waals surface area contributed by atoms with Crippen molar-refractivity contribution in [1.82, 2.24) is 4.98 Å². The lowest BCUT2D eigenvalue weighted by Gasteiger charge is -1.89. The predicted octanol–water partition coefficient (Wildman–Crippen LogP) is 1.54. The second kappa shape index (κ2) is 3.17. The van der Waals surface area contributed by atoms with Crippen LogP contribution in [0.2, 0.25) is 5.02 Å². The van der Waals surface area contributed by atoms with Gasteiger partial charge in [-0.15, -0.1) is 0 Å². The molecule has 0 saturated heterocycles. The summed E-state index contributed by atoms with van der Waals surface area (Å²) in [4.78, 5) is 3.77. The van der Waals surface area contributed by atoms with Crippen LogP contribution >= 0.6 is 11.6 Å². The molecule has 0 aromatic carbocycles. The Bertz CT molecular complexity index is 249. The van der Waals surface area contributed by atoms with Gasteiger partial charge in [0.25, 0.3) is 0 Å². The number of hydrogen-bond acceptors (Lipinski definition) is 3. The van der Waals surface area contributed by atoms with Crippen LogP contribution in [-0.2, 0) is 0 Å². The van der Waals surface area contributed by atoms with E-state index in [4.69, 9.17) is 16.8 Å². The van der Waals surface area contributed by atoms with Gasteiger partial charge in [-0.2, -0.15) is 0 Å². The first-order chi connectivity index (χ1) is 4.83. The third-order valence-electron chi connectivity index (χ3n) is 0.933. The summed E-state index contributed by atoms with van der Waals surface area (Å²) < 4.78 is 0. The fraction of sp³-hybridized carbons (Fsp3) is 0. The molecule has 52 valence electrons. The highest BCUT2D eigenvalue weighted by Gasteiger charge is 1.89. The van der Waals surface area contributed by atoms with Gasteiger partial charge in [0.15, 0.2) is 0 Å². The molecule has 0 spiro atoms. The number of aromatic nitrogens is 1. The lowest BCUT2D eigenvalue weighted by molar-refractivity contribution is 0.322. The van der Waals surface area contributed by atoms with Gasteiger partial charge in [0, 0.05) is 18.0 Å². The number of nitrogens with zero attached hydrogens (tertiary/aromatic N) is 2. The predicted molar refractivity (Wildman–Crippen MR) is 38.6 cm³/mol. The van der Waals surface area contributed by atoms with E-state index < -0.39 is 0 Å². The maximum absolute atomic E-state index is 8.11. The number of pyridine rings is 1. The smallest absolute Gasteiger partial charge is 0.0749 e. The molecule has 0 aliphatic heterocycles. The second-order valence-electron chi connectivity index (χ2n) is 1.68. The van der Waals surface area contributed by atoms with Crippen LogP contribution in [0.3, 0.4) is 0 Å². The Balaban J connectivity index is 2.95. The number of hydrogen-bond donors (Lipinski definition) is 1. The molecule has 1 heterocycles. The zero-order chi connectivity index (χ0) is 7.40. The highest BCUT2D eigenvalue weighted by atomic mass is 35.5. The van der Waals surface area contributed by atoms with Gasteiger partial charge in [-0.25, -0.2) is 0 Å². The average Bonchev–Trinajstić information content (AvgIpc) is 1.88. The molecule has 10 heavy (non-hydrogen) atoms. The second-order valence-corrected chi connectivity index (χ2v) is 2.12. The van der Waals surface area contributed by atoms with Gasteiger partial charge < -0.3 is 5.21 Å². The molecule has 3 nitrogen and oxygen atoms in total. The number of rotatable bonds is 1. The molecule has 0 saturated carbocycles. The zero-order valence-electron chi connectivity index (χ0n) is 5.03. The Kier molecular flexibility index (Phi) is 2.23. The van der Waals surface area contributed by atoms with Gasteiger partial charge in [-0.3, -0.25) is 4.98 Å². The molecule has 0 unspecified atom stereocenters. The first-order valence-corrected chi connectivity index (χ1v) is 2.98. The molecule has 4 heteroatoms. The third-order valence-corrected chi connectivity index (χ3v) is 1.14. The summed E-state index contributed by atoms with van der Waals surface area (Å²) in [7, 11) is 0. The van der Waals surface area contributed by atoms with Crippen LogP contribution < -0.4 is 0 Å². The molecule has 0 radical (unpaired) electrons. The molecular formula is C6H5ClN2O. The van der Waals surface area contributed by atoms with Crippen LogP contribution in [0.1, 0.15) is 5.56 Å². The summed E-state index contributed by atoms with van der Waals surface area (Å²) in [6, 6.07) is 1.65.